The molecule has 0 spiro atoms. The van der Waals surface area contributed by atoms with E-state index in [1.165, 1.54) is 12.3 Å². The minimum absolute atomic E-state index is 0.237. The van der Waals surface area contributed by atoms with Gasteiger partial charge in [-0.05, 0) is 37.7 Å². The summed E-state index contributed by atoms with van der Waals surface area (Å²) < 4.78 is 5.72. The average Bonchev–Trinajstić information content (AvgIpc) is 2.75. The third-order valence-electron chi connectivity index (χ3n) is 3.83. The summed E-state index contributed by atoms with van der Waals surface area (Å²) in [7, 11) is 1.81. The zero-order valence-corrected chi connectivity index (χ0v) is 17.8. The molecule has 5 N–H and O–H groups in total. The Labute approximate surface area is 185 Å². The van der Waals surface area contributed by atoms with Gasteiger partial charge in [0.25, 0.3) is 0 Å². The summed E-state index contributed by atoms with van der Waals surface area (Å²) in [5, 5.41) is 14.1. The number of carbonyl (C=O) groups excluding carboxylic acids is 2. The van der Waals surface area contributed by atoms with Gasteiger partial charge < -0.3 is 26.0 Å². The second-order valence-electron chi connectivity index (χ2n) is 6.22. The van der Waals surface area contributed by atoms with E-state index >= 15 is 0 Å². The van der Waals surface area contributed by atoms with Crippen LogP contribution in [0.1, 0.15) is 6.42 Å². The average molecular weight is 446 g/mol. The van der Waals surface area contributed by atoms with Crippen molar-refractivity contribution in [2.24, 2.45) is 0 Å². The molecule has 0 atom stereocenters. The number of hydrogen-bond donors (Lipinski definition) is 5. The highest BCUT2D eigenvalue weighted by molar-refractivity contribution is 6.31. The van der Waals surface area contributed by atoms with Crippen LogP contribution in [-0.4, -0.2) is 50.3 Å². The molecule has 1 heterocycles. The summed E-state index contributed by atoms with van der Waals surface area (Å²) in [5.74, 6) is 0.739. The van der Waals surface area contributed by atoms with Crippen molar-refractivity contribution in [2.45, 2.75) is 6.42 Å². The minimum atomic E-state index is -0.532. The number of nitrogens with one attached hydrogen (secondary N) is 5. The molecular weight excluding hydrogens is 422 g/mol. The number of nitrogens with zero attached hydrogens (tertiary/aromatic N) is 2. The number of hydrogen-bond acceptors (Lipinski definition) is 5. The summed E-state index contributed by atoms with van der Waals surface area (Å²) in [4.78, 5) is 31.1. The van der Waals surface area contributed by atoms with Crippen LogP contribution in [-0.2, 0) is 0 Å². The van der Waals surface area contributed by atoms with Crippen molar-refractivity contribution < 1.29 is 14.3 Å². The van der Waals surface area contributed by atoms with Gasteiger partial charge >= 0.3 is 12.1 Å². The first-order valence-corrected chi connectivity index (χ1v) is 9.90. The minimum Gasteiger partial charge on any atom is -0.491 e. The molecular formula is C20H24ClN7O3. The van der Waals surface area contributed by atoms with E-state index in [1.54, 1.807) is 24.3 Å². The maximum Gasteiger partial charge on any atom is 0.324 e. The van der Waals surface area contributed by atoms with Gasteiger partial charge in [-0.3, -0.25) is 10.3 Å². The molecule has 1 aromatic carbocycles. The quantitative estimate of drug-likeness (QED) is 0.284. The lowest BCUT2D eigenvalue weighted by Crippen LogP contribution is -2.39. The van der Waals surface area contributed by atoms with E-state index in [4.69, 9.17) is 22.9 Å². The third-order valence-corrected chi connectivity index (χ3v) is 4.07. The highest BCUT2D eigenvalue weighted by Crippen LogP contribution is 2.28. The Kier molecular flexibility index (Phi) is 9.87. The number of pyridine rings is 1. The van der Waals surface area contributed by atoms with Crippen molar-refractivity contribution >= 4 is 40.9 Å². The van der Waals surface area contributed by atoms with Crippen LogP contribution in [0.4, 0.5) is 26.8 Å². The molecule has 0 saturated carbocycles. The predicted octanol–water partition coefficient (Wildman–Crippen LogP) is 3.22. The molecule has 0 aliphatic carbocycles. The molecule has 0 bridgehead atoms. The lowest BCUT2D eigenvalue weighted by Gasteiger charge is -2.14. The first-order chi connectivity index (χ1) is 15.0. The van der Waals surface area contributed by atoms with E-state index < -0.39 is 6.03 Å². The molecule has 0 radical (unpaired) electrons. The zero-order chi connectivity index (χ0) is 22.5. The standard InChI is InChI=1S/C20H24ClN7O3/c1-22-9-10-25-19(29)24-8-3-11-31-17-6-4-14(21)12-16(17)27-20(30)28-18-7-5-15(23-2)13-26-18/h4-7,12-13,22H,3,8-11H2,1H3,(H2,24,25,29)(H2,26,27,28,30). The first kappa shape index (κ1) is 23.7. The number of ether oxygens (including phenoxy) is 1. The lowest BCUT2D eigenvalue weighted by molar-refractivity contribution is 0.239. The molecule has 0 aliphatic rings. The van der Waals surface area contributed by atoms with Gasteiger partial charge in [0.1, 0.15) is 11.6 Å². The summed E-state index contributed by atoms with van der Waals surface area (Å²) in [6.07, 6.45) is 1.94. The van der Waals surface area contributed by atoms with Gasteiger partial charge in [0.05, 0.1) is 18.9 Å². The van der Waals surface area contributed by atoms with Gasteiger partial charge in [-0.25, -0.2) is 14.4 Å². The maximum atomic E-state index is 12.3. The number of carbonyl (C=O) groups is 2. The molecule has 164 valence electrons. The number of anilines is 2. The number of likely N-dealkylation sites (N-methyl/N-ethyl adjacent to an activating group) is 1. The van der Waals surface area contributed by atoms with Crippen molar-refractivity contribution in [1.82, 2.24) is 20.9 Å². The van der Waals surface area contributed by atoms with Crippen molar-refractivity contribution in [3.8, 4) is 5.75 Å². The monoisotopic (exact) mass is 445 g/mol. The topological polar surface area (TPSA) is 121 Å². The number of amides is 4. The van der Waals surface area contributed by atoms with Crippen LogP contribution in [0.2, 0.25) is 5.02 Å². The molecule has 10 nitrogen and oxygen atoms in total. The normalized spacial score (nSPS) is 9.97. The van der Waals surface area contributed by atoms with Crippen LogP contribution in [0, 0.1) is 6.57 Å². The highest BCUT2D eigenvalue weighted by Gasteiger charge is 2.10. The first-order valence-electron chi connectivity index (χ1n) is 9.52. The van der Waals surface area contributed by atoms with Crippen molar-refractivity contribution in [1.29, 1.82) is 0 Å². The van der Waals surface area contributed by atoms with Crippen molar-refractivity contribution in [2.75, 3.05) is 43.9 Å². The summed E-state index contributed by atoms with van der Waals surface area (Å²) in [6, 6.07) is 7.19. The van der Waals surface area contributed by atoms with Crippen LogP contribution >= 0.6 is 11.6 Å². The Bertz CT molecular complexity index is 916. The van der Waals surface area contributed by atoms with Crippen LogP contribution in [0.5, 0.6) is 5.75 Å². The summed E-state index contributed by atoms with van der Waals surface area (Å²) in [6.45, 7) is 8.92. The van der Waals surface area contributed by atoms with Crippen LogP contribution in [0.15, 0.2) is 36.5 Å². The third kappa shape index (κ3) is 8.77. The van der Waals surface area contributed by atoms with E-state index in [2.05, 4.69) is 36.4 Å². The molecule has 0 aliphatic heterocycles. The number of aromatic nitrogens is 1. The van der Waals surface area contributed by atoms with Gasteiger partial charge in [0.15, 0.2) is 0 Å². The van der Waals surface area contributed by atoms with Gasteiger partial charge in [0.2, 0.25) is 5.69 Å². The van der Waals surface area contributed by atoms with Crippen LogP contribution < -0.4 is 31.3 Å². The fourth-order valence-corrected chi connectivity index (χ4v) is 2.51. The van der Waals surface area contributed by atoms with E-state index in [1.807, 2.05) is 7.05 Å². The fraction of sp³-hybridized carbons (Fsp3) is 0.300. The number of urea groups is 2. The Morgan fingerprint density at radius 2 is 1.90 bits per heavy atom. The zero-order valence-electron chi connectivity index (χ0n) is 17.0. The van der Waals surface area contributed by atoms with Gasteiger partial charge in [-0.2, -0.15) is 0 Å². The molecule has 1 aromatic heterocycles. The largest absolute Gasteiger partial charge is 0.491 e. The molecule has 4 amide bonds. The Hall–Kier alpha value is -3.55. The van der Waals surface area contributed by atoms with E-state index in [-0.39, 0.29) is 6.03 Å². The van der Waals surface area contributed by atoms with Gasteiger partial charge in [0, 0.05) is 30.9 Å². The fourth-order valence-electron chi connectivity index (χ4n) is 2.34. The number of halogens is 1. The smallest absolute Gasteiger partial charge is 0.324 e. The Balaban J connectivity index is 1.82. The lowest BCUT2D eigenvalue weighted by atomic mass is 10.3. The molecule has 2 rings (SSSR count). The molecule has 0 fully saturated rings. The Morgan fingerprint density at radius 1 is 1.10 bits per heavy atom. The molecule has 0 unspecified atom stereocenters. The molecule has 0 saturated heterocycles. The van der Waals surface area contributed by atoms with Gasteiger partial charge in [-0.15, -0.1) is 0 Å². The van der Waals surface area contributed by atoms with Crippen LogP contribution in [0.3, 0.4) is 0 Å². The van der Waals surface area contributed by atoms with E-state index in [0.29, 0.717) is 60.6 Å². The predicted molar refractivity (Wildman–Crippen MR) is 120 cm³/mol. The molecule has 2 aromatic rings. The SMILES string of the molecule is [C-]#[N+]c1ccc(NC(=O)Nc2cc(Cl)ccc2OCCCNC(=O)NCCNC)nc1. The number of rotatable bonds is 10. The maximum absolute atomic E-state index is 12.3. The summed E-state index contributed by atoms with van der Waals surface area (Å²) in [5.41, 5.74) is 0.766. The summed E-state index contributed by atoms with van der Waals surface area (Å²) >= 11 is 6.04. The highest BCUT2D eigenvalue weighted by atomic mass is 35.5. The Morgan fingerprint density at radius 3 is 2.61 bits per heavy atom. The van der Waals surface area contributed by atoms with Crippen LogP contribution in [0.25, 0.3) is 4.85 Å². The number of benzene rings is 1. The molecule has 31 heavy (non-hydrogen) atoms. The van der Waals surface area contributed by atoms with Gasteiger partial charge in [-0.1, -0.05) is 17.7 Å². The van der Waals surface area contributed by atoms with E-state index in [9.17, 15) is 9.59 Å². The second-order valence-corrected chi connectivity index (χ2v) is 6.66. The second kappa shape index (κ2) is 12.9. The van der Waals surface area contributed by atoms with Crippen molar-refractivity contribution in [3.05, 3.63) is 53.0 Å². The molecule has 11 heteroatoms. The van der Waals surface area contributed by atoms with E-state index in [0.717, 1.165) is 0 Å². The van der Waals surface area contributed by atoms with Crippen molar-refractivity contribution in [3.63, 3.8) is 0 Å².